The highest BCUT2D eigenvalue weighted by Crippen LogP contribution is 2.12. The molecule has 0 unspecified atom stereocenters. The van der Waals surface area contributed by atoms with Crippen molar-refractivity contribution in [1.29, 1.82) is 0 Å². The Bertz CT molecular complexity index is 382. The summed E-state index contributed by atoms with van der Waals surface area (Å²) in [5, 5.41) is 3.09. The Morgan fingerprint density at radius 2 is 1.67 bits per heavy atom. The van der Waals surface area contributed by atoms with Gasteiger partial charge < -0.3 is 24.6 Å². The second-order valence-electron chi connectivity index (χ2n) is 6.44. The molecule has 0 spiro atoms. The first-order chi connectivity index (χ1) is 9.85. The Hall–Kier alpha value is -1.34. The van der Waals surface area contributed by atoms with E-state index in [4.69, 9.17) is 9.47 Å². The number of hydrogen-bond acceptors (Lipinski definition) is 5. The third kappa shape index (κ3) is 4.86. The molecule has 0 saturated carbocycles. The Kier molecular flexibility index (Phi) is 5.05. The molecule has 7 heteroatoms. The van der Waals surface area contributed by atoms with Gasteiger partial charge in [0.2, 0.25) is 5.91 Å². The molecule has 0 aliphatic carbocycles. The average Bonchev–Trinajstić information content (AvgIpc) is 2.35. The zero-order valence-electron chi connectivity index (χ0n) is 13.1. The molecule has 2 aliphatic rings. The van der Waals surface area contributed by atoms with Crippen LogP contribution in [0.25, 0.3) is 0 Å². The molecular formula is C14H25N3O4. The molecule has 0 radical (unpaired) electrons. The van der Waals surface area contributed by atoms with E-state index in [0.29, 0.717) is 26.2 Å². The van der Waals surface area contributed by atoms with Crippen LogP contribution >= 0.6 is 0 Å². The zero-order chi connectivity index (χ0) is 15.5. The number of carbonyl (C=O) groups is 2. The van der Waals surface area contributed by atoms with Gasteiger partial charge >= 0.3 is 6.09 Å². The third-order valence-electron chi connectivity index (χ3n) is 3.47. The SMILES string of the molecule is CC(C)(C)OC(=O)N1CCN(C(=O)COC2CNC2)CC1. The van der Waals surface area contributed by atoms with Crippen molar-refractivity contribution >= 4 is 12.0 Å². The van der Waals surface area contributed by atoms with Crippen molar-refractivity contribution in [2.75, 3.05) is 45.9 Å². The van der Waals surface area contributed by atoms with E-state index in [1.807, 2.05) is 20.8 Å². The molecule has 0 atom stereocenters. The molecular weight excluding hydrogens is 274 g/mol. The van der Waals surface area contributed by atoms with Gasteiger partial charge in [0, 0.05) is 39.3 Å². The minimum atomic E-state index is -0.491. The van der Waals surface area contributed by atoms with E-state index in [1.54, 1.807) is 9.80 Å². The molecule has 7 nitrogen and oxygen atoms in total. The first-order valence-corrected chi connectivity index (χ1v) is 7.43. The van der Waals surface area contributed by atoms with Gasteiger partial charge in [-0.15, -0.1) is 0 Å². The summed E-state index contributed by atoms with van der Waals surface area (Å²) in [6.45, 7) is 9.37. The molecule has 2 saturated heterocycles. The summed E-state index contributed by atoms with van der Waals surface area (Å²) in [6, 6.07) is 0. The van der Waals surface area contributed by atoms with Crippen LogP contribution in [-0.4, -0.2) is 79.4 Å². The van der Waals surface area contributed by atoms with E-state index in [0.717, 1.165) is 13.1 Å². The normalized spacial score (nSPS) is 20.1. The Labute approximate surface area is 125 Å². The van der Waals surface area contributed by atoms with Crippen LogP contribution in [0, 0.1) is 0 Å². The van der Waals surface area contributed by atoms with E-state index >= 15 is 0 Å². The molecule has 2 heterocycles. The van der Waals surface area contributed by atoms with Crippen molar-refractivity contribution in [3.05, 3.63) is 0 Å². The number of rotatable bonds is 3. The van der Waals surface area contributed by atoms with Gasteiger partial charge in [-0.25, -0.2) is 4.79 Å². The lowest BCUT2D eigenvalue weighted by molar-refractivity contribution is -0.140. The highest BCUT2D eigenvalue weighted by molar-refractivity contribution is 5.78. The van der Waals surface area contributed by atoms with Crippen molar-refractivity contribution in [2.45, 2.75) is 32.5 Å². The summed E-state index contributed by atoms with van der Waals surface area (Å²) >= 11 is 0. The van der Waals surface area contributed by atoms with Crippen LogP contribution in [0.4, 0.5) is 4.79 Å². The van der Waals surface area contributed by atoms with Crippen LogP contribution in [0.5, 0.6) is 0 Å². The van der Waals surface area contributed by atoms with Crippen LogP contribution in [0.2, 0.25) is 0 Å². The minimum Gasteiger partial charge on any atom is -0.444 e. The van der Waals surface area contributed by atoms with Gasteiger partial charge in [0.15, 0.2) is 0 Å². The lowest BCUT2D eigenvalue weighted by atomic mass is 10.2. The maximum atomic E-state index is 12.0. The van der Waals surface area contributed by atoms with E-state index < -0.39 is 5.60 Å². The summed E-state index contributed by atoms with van der Waals surface area (Å²) in [7, 11) is 0. The van der Waals surface area contributed by atoms with Crippen LogP contribution in [0.1, 0.15) is 20.8 Å². The van der Waals surface area contributed by atoms with Gasteiger partial charge in [-0.3, -0.25) is 4.79 Å². The second-order valence-corrected chi connectivity index (χ2v) is 6.44. The third-order valence-corrected chi connectivity index (χ3v) is 3.47. The van der Waals surface area contributed by atoms with Crippen molar-refractivity contribution in [2.24, 2.45) is 0 Å². The molecule has 0 aromatic heterocycles. The highest BCUT2D eigenvalue weighted by atomic mass is 16.6. The number of carbonyl (C=O) groups excluding carboxylic acids is 2. The van der Waals surface area contributed by atoms with Crippen LogP contribution in [0.3, 0.4) is 0 Å². The van der Waals surface area contributed by atoms with Crippen molar-refractivity contribution in [1.82, 2.24) is 15.1 Å². The molecule has 120 valence electrons. The van der Waals surface area contributed by atoms with Crippen LogP contribution in [0.15, 0.2) is 0 Å². The van der Waals surface area contributed by atoms with Crippen LogP contribution in [-0.2, 0) is 14.3 Å². The van der Waals surface area contributed by atoms with Crippen molar-refractivity contribution < 1.29 is 19.1 Å². The first kappa shape index (κ1) is 16.0. The first-order valence-electron chi connectivity index (χ1n) is 7.43. The summed E-state index contributed by atoms with van der Waals surface area (Å²) in [4.78, 5) is 27.3. The number of nitrogens with one attached hydrogen (secondary N) is 1. The zero-order valence-corrected chi connectivity index (χ0v) is 13.1. The molecule has 0 bridgehead atoms. The monoisotopic (exact) mass is 299 g/mol. The average molecular weight is 299 g/mol. The predicted octanol–water partition coefficient (Wildman–Crippen LogP) is 0.0541. The molecule has 0 aromatic rings. The van der Waals surface area contributed by atoms with Crippen molar-refractivity contribution in [3.63, 3.8) is 0 Å². The highest BCUT2D eigenvalue weighted by Gasteiger charge is 2.28. The predicted molar refractivity (Wildman–Crippen MR) is 77.0 cm³/mol. The largest absolute Gasteiger partial charge is 0.444 e. The van der Waals surface area contributed by atoms with Crippen molar-refractivity contribution in [3.8, 4) is 0 Å². The quantitative estimate of drug-likeness (QED) is 0.797. The van der Waals surface area contributed by atoms with Gasteiger partial charge in [-0.1, -0.05) is 0 Å². The summed E-state index contributed by atoms with van der Waals surface area (Å²) in [6.07, 6.45) is -0.150. The summed E-state index contributed by atoms with van der Waals surface area (Å²) in [5.74, 6) is -0.00858. The topological polar surface area (TPSA) is 71.1 Å². The molecule has 0 aromatic carbocycles. The lowest BCUT2D eigenvalue weighted by Gasteiger charge is -2.36. The Morgan fingerprint density at radius 1 is 1.10 bits per heavy atom. The van der Waals surface area contributed by atoms with Gasteiger partial charge in [-0.2, -0.15) is 0 Å². The molecule has 21 heavy (non-hydrogen) atoms. The fourth-order valence-electron chi connectivity index (χ4n) is 2.13. The van der Waals surface area contributed by atoms with E-state index in [-0.39, 0.29) is 24.7 Å². The second kappa shape index (κ2) is 6.62. The molecule has 1 N–H and O–H groups in total. The van der Waals surface area contributed by atoms with E-state index in [1.165, 1.54) is 0 Å². The minimum absolute atomic E-state index is 0.00858. The van der Waals surface area contributed by atoms with E-state index in [9.17, 15) is 9.59 Å². The summed E-state index contributed by atoms with van der Waals surface area (Å²) in [5.41, 5.74) is -0.491. The van der Waals surface area contributed by atoms with Gasteiger partial charge in [0.1, 0.15) is 12.2 Å². The van der Waals surface area contributed by atoms with Gasteiger partial charge in [-0.05, 0) is 20.8 Å². The molecule has 2 amide bonds. The van der Waals surface area contributed by atoms with Crippen LogP contribution < -0.4 is 5.32 Å². The van der Waals surface area contributed by atoms with Gasteiger partial charge in [0.25, 0.3) is 0 Å². The number of piperazine rings is 1. The van der Waals surface area contributed by atoms with Gasteiger partial charge in [0.05, 0.1) is 6.10 Å². The number of amides is 2. The molecule has 2 rings (SSSR count). The standard InChI is InChI=1S/C14H25N3O4/c1-14(2,3)21-13(19)17-6-4-16(5-7-17)12(18)10-20-11-8-15-9-11/h11,15H,4-10H2,1-3H3. The summed E-state index contributed by atoms with van der Waals surface area (Å²) < 4.78 is 10.8. The van der Waals surface area contributed by atoms with E-state index in [2.05, 4.69) is 5.32 Å². The Balaban J connectivity index is 1.69. The molecule has 2 fully saturated rings. The fourth-order valence-corrected chi connectivity index (χ4v) is 2.13. The fraction of sp³-hybridized carbons (Fsp3) is 0.857. The maximum Gasteiger partial charge on any atom is 0.410 e. The smallest absolute Gasteiger partial charge is 0.410 e. The Morgan fingerprint density at radius 3 is 2.14 bits per heavy atom. The molecule has 2 aliphatic heterocycles. The number of ether oxygens (including phenoxy) is 2. The lowest BCUT2D eigenvalue weighted by Crippen LogP contribution is -2.53. The number of hydrogen-bond donors (Lipinski definition) is 1. The maximum absolute atomic E-state index is 12.0. The number of nitrogens with zero attached hydrogens (tertiary/aromatic N) is 2.